The van der Waals surface area contributed by atoms with E-state index >= 15 is 0 Å². The average molecular weight is 350 g/mol. The van der Waals surface area contributed by atoms with Crippen LogP contribution < -0.4 is 0 Å². The summed E-state index contributed by atoms with van der Waals surface area (Å²) in [5, 5.41) is 0. The minimum absolute atomic E-state index is 0. The second kappa shape index (κ2) is 9.57. The fourth-order valence-corrected chi connectivity index (χ4v) is 2.11. The van der Waals surface area contributed by atoms with Crippen molar-refractivity contribution >= 4 is 30.5 Å². The van der Waals surface area contributed by atoms with Gasteiger partial charge in [0.25, 0.3) is 0 Å². The Morgan fingerprint density at radius 1 is 1.00 bits per heavy atom. The molecule has 0 saturated heterocycles. The topological polar surface area (TPSA) is 12.4 Å². The Labute approximate surface area is 144 Å². The number of rotatable bonds is 1. The molecule has 0 aromatic heterocycles. The molecule has 0 radical (unpaired) electrons. The summed E-state index contributed by atoms with van der Waals surface area (Å²) in [6.45, 7) is 10.9. The first-order valence-electron chi connectivity index (χ1n) is 6.08. The van der Waals surface area contributed by atoms with E-state index in [0.717, 1.165) is 5.69 Å². The molecule has 20 heavy (non-hydrogen) atoms. The van der Waals surface area contributed by atoms with Gasteiger partial charge in [0.2, 0.25) is 0 Å². The Balaban J connectivity index is 0. The van der Waals surface area contributed by atoms with E-state index in [0.29, 0.717) is 0 Å². The van der Waals surface area contributed by atoms with Crippen LogP contribution in [-0.4, -0.2) is 0 Å². The van der Waals surface area contributed by atoms with E-state index in [1.807, 2.05) is 30.3 Å². The normalized spacial score (nSPS) is 15.1. The molecule has 0 N–H and O–H groups in total. The van der Waals surface area contributed by atoms with Gasteiger partial charge in [0.1, 0.15) is 0 Å². The molecule has 0 unspecified atom stereocenters. The van der Waals surface area contributed by atoms with Gasteiger partial charge in [0.05, 0.1) is 0 Å². The van der Waals surface area contributed by atoms with Crippen LogP contribution in [0.1, 0.15) is 34.6 Å². The van der Waals surface area contributed by atoms with Gasteiger partial charge in [-0.15, -0.1) is 31.7 Å². The molecule has 1 nitrogen and oxygen atoms in total. The number of hydrogen-bond donors (Lipinski definition) is 0. The zero-order valence-electron chi connectivity index (χ0n) is 12.6. The zero-order valence-corrected chi connectivity index (χ0v) is 15.6. The maximum absolute atomic E-state index is 3.91. The minimum atomic E-state index is 0. The molecule has 0 spiro atoms. The van der Waals surface area contributed by atoms with E-state index in [1.54, 1.807) is 0 Å². The van der Waals surface area contributed by atoms with E-state index in [-0.39, 0.29) is 30.2 Å². The predicted octanol–water partition coefficient (Wildman–Crippen LogP) is 6.00. The van der Waals surface area contributed by atoms with E-state index in [1.165, 1.54) is 16.7 Å². The number of benzene rings is 1. The Morgan fingerprint density at radius 3 is 1.70 bits per heavy atom. The van der Waals surface area contributed by atoms with Gasteiger partial charge in [-0.05, 0) is 0 Å². The molecule has 0 amide bonds. The summed E-state index contributed by atoms with van der Waals surface area (Å²) < 4.78 is 3.91. The first kappa shape index (κ1) is 22.0. The SMILES string of the molecule is CC1=[C-]C(C)(C)C(C)=C1C.Cl.Cl.[V]=[N]c1ccccc1. The van der Waals surface area contributed by atoms with Crippen LogP contribution in [0.25, 0.3) is 0 Å². The van der Waals surface area contributed by atoms with E-state index in [4.69, 9.17) is 0 Å². The third-order valence-electron chi connectivity index (χ3n) is 3.43. The van der Waals surface area contributed by atoms with E-state index in [9.17, 15) is 0 Å². The van der Waals surface area contributed by atoms with Crippen molar-refractivity contribution in [3.05, 3.63) is 53.1 Å². The Hall–Kier alpha value is -0.336. The quantitative estimate of drug-likeness (QED) is 0.551. The van der Waals surface area contributed by atoms with Crippen molar-refractivity contribution in [3.63, 3.8) is 0 Å². The van der Waals surface area contributed by atoms with Crippen LogP contribution in [0.4, 0.5) is 5.69 Å². The third kappa shape index (κ3) is 5.97. The van der Waals surface area contributed by atoms with Crippen LogP contribution in [0.3, 0.4) is 0 Å². The van der Waals surface area contributed by atoms with Gasteiger partial charge < -0.3 is 0 Å². The third-order valence-corrected chi connectivity index (χ3v) is 3.79. The number of hydrogen-bond acceptors (Lipinski definition) is 1. The second-order valence-electron chi connectivity index (χ2n) is 5.06. The maximum atomic E-state index is 3.91. The molecule has 0 atom stereocenters. The van der Waals surface area contributed by atoms with Crippen LogP contribution in [0.5, 0.6) is 0 Å². The molecule has 111 valence electrons. The molecule has 0 aliphatic heterocycles. The van der Waals surface area contributed by atoms with Crippen LogP contribution >= 0.6 is 24.8 Å². The van der Waals surface area contributed by atoms with Gasteiger partial charge in [-0.2, -0.15) is 11.1 Å². The first-order valence-corrected chi connectivity index (χ1v) is 6.71. The standard InChI is InChI=1S/C10H15.C6H5N.2ClH.V/c1-7-6-10(4,5)9(3)8(7)2;7-6-4-2-1-3-5-6;;;/h1-5H3;1-5H;2*1H;/q-1;;;;. The second-order valence-corrected chi connectivity index (χ2v) is 5.37. The van der Waals surface area contributed by atoms with Crippen molar-refractivity contribution in [1.82, 2.24) is 0 Å². The van der Waals surface area contributed by atoms with Crippen LogP contribution in [-0.2, 0) is 17.2 Å². The molecule has 1 aliphatic carbocycles. The van der Waals surface area contributed by atoms with Crippen LogP contribution in [0, 0.1) is 11.5 Å². The first-order chi connectivity index (χ1) is 8.38. The van der Waals surface area contributed by atoms with Crippen molar-refractivity contribution in [2.24, 2.45) is 9.21 Å². The molecule has 0 heterocycles. The Bertz CT molecular complexity index is 490. The number of allylic oxidation sites excluding steroid dienone is 4. The Kier molecular flexibility index (Phi) is 10.5. The number of halogens is 2. The molecule has 1 aromatic carbocycles. The van der Waals surface area contributed by atoms with Crippen LogP contribution in [0.2, 0.25) is 0 Å². The van der Waals surface area contributed by atoms with Crippen molar-refractivity contribution in [1.29, 1.82) is 0 Å². The summed E-state index contributed by atoms with van der Waals surface area (Å²) in [6.07, 6.45) is 3.44. The zero-order chi connectivity index (χ0) is 13.8. The van der Waals surface area contributed by atoms with E-state index < -0.39 is 0 Å². The van der Waals surface area contributed by atoms with Crippen molar-refractivity contribution in [2.75, 3.05) is 0 Å². The molecular formula is C16H22Cl2NV-. The molecule has 1 aromatic rings. The fourth-order valence-electron chi connectivity index (χ4n) is 1.90. The molecule has 4 heteroatoms. The van der Waals surface area contributed by atoms with Crippen molar-refractivity contribution in [2.45, 2.75) is 34.6 Å². The van der Waals surface area contributed by atoms with Gasteiger partial charge in [-0.25, -0.2) is 5.57 Å². The summed E-state index contributed by atoms with van der Waals surface area (Å²) in [5.74, 6) is 0. The average Bonchev–Trinajstić information content (AvgIpc) is 2.54. The summed E-state index contributed by atoms with van der Waals surface area (Å²) in [7, 11) is 0. The summed E-state index contributed by atoms with van der Waals surface area (Å²) in [6, 6.07) is 9.82. The number of nitrogens with zero attached hydrogens (tertiary/aromatic N) is 1. The molecule has 1 aliphatic rings. The summed E-state index contributed by atoms with van der Waals surface area (Å²) in [5.41, 5.74) is 5.40. The van der Waals surface area contributed by atoms with Gasteiger partial charge in [-0.3, -0.25) is 6.08 Å². The van der Waals surface area contributed by atoms with E-state index in [2.05, 4.69) is 61.7 Å². The monoisotopic (exact) mass is 349 g/mol. The van der Waals surface area contributed by atoms with Gasteiger partial charge in [-0.1, -0.05) is 33.1 Å². The predicted molar refractivity (Wildman–Crippen MR) is 87.6 cm³/mol. The van der Waals surface area contributed by atoms with Gasteiger partial charge in [0.15, 0.2) is 0 Å². The molecule has 0 fully saturated rings. The molecule has 2 rings (SSSR count). The summed E-state index contributed by atoms with van der Waals surface area (Å²) >= 11 is 2.19. The van der Waals surface area contributed by atoms with Crippen molar-refractivity contribution < 1.29 is 17.2 Å². The van der Waals surface area contributed by atoms with Gasteiger partial charge in [0, 0.05) is 0 Å². The Morgan fingerprint density at radius 2 is 1.50 bits per heavy atom. The molecule has 0 bridgehead atoms. The van der Waals surface area contributed by atoms with Gasteiger partial charge >= 0.3 is 57.0 Å². The van der Waals surface area contributed by atoms with Crippen LogP contribution in [0.15, 0.2) is 50.8 Å². The molecular weight excluding hydrogens is 328 g/mol. The summed E-state index contributed by atoms with van der Waals surface area (Å²) in [4.78, 5) is 0. The van der Waals surface area contributed by atoms with Crippen molar-refractivity contribution in [3.8, 4) is 0 Å². The fraction of sp³-hybridized carbons (Fsp3) is 0.375. The molecule has 0 saturated carbocycles.